The molecular formula is C24H32N4O. The highest BCUT2D eigenvalue weighted by Gasteiger charge is 2.34. The van der Waals surface area contributed by atoms with Crippen LogP contribution in [-0.2, 0) is 11.3 Å². The van der Waals surface area contributed by atoms with Crippen molar-refractivity contribution in [3.63, 3.8) is 0 Å². The number of carbonyl (C=O) groups excluding carboxylic acids is 1. The lowest BCUT2D eigenvalue weighted by Gasteiger charge is -2.39. The number of rotatable bonds is 7. The average Bonchev–Trinajstić information content (AvgIpc) is 2.70. The Balaban J connectivity index is 1.34. The molecule has 1 aliphatic carbocycles. The van der Waals surface area contributed by atoms with Gasteiger partial charge in [0.25, 0.3) is 0 Å². The van der Waals surface area contributed by atoms with Crippen LogP contribution in [0.4, 0.5) is 5.82 Å². The van der Waals surface area contributed by atoms with E-state index in [0.29, 0.717) is 0 Å². The van der Waals surface area contributed by atoms with Gasteiger partial charge in [0.05, 0.1) is 0 Å². The first-order chi connectivity index (χ1) is 14.2. The molecule has 2 aromatic rings. The first kappa shape index (κ1) is 20.0. The minimum Gasteiger partial charge on any atom is -0.299 e. The second kappa shape index (κ2) is 9.51. The molecule has 2 aliphatic rings. The van der Waals surface area contributed by atoms with E-state index in [-0.39, 0.29) is 17.9 Å². The molecule has 2 heterocycles. The predicted molar refractivity (Wildman–Crippen MR) is 117 cm³/mol. The van der Waals surface area contributed by atoms with Crippen LogP contribution >= 0.6 is 0 Å². The summed E-state index contributed by atoms with van der Waals surface area (Å²) in [5, 5.41) is 0. The Labute approximate surface area is 174 Å². The van der Waals surface area contributed by atoms with E-state index in [2.05, 4.69) is 52.0 Å². The molecule has 1 saturated carbocycles. The minimum atomic E-state index is 0.124. The highest BCUT2D eigenvalue weighted by Crippen LogP contribution is 2.30. The average molecular weight is 393 g/mol. The number of aromatic nitrogens is 1. The van der Waals surface area contributed by atoms with Crippen molar-refractivity contribution in [1.82, 2.24) is 14.8 Å². The lowest BCUT2D eigenvalue weighted by molar-refractivity contribution is -0.125. The van der Waals surface area contributed by atoms with Crippen LogP contribution in [0, 0.1) is 5.92 Å². The third kappa shape index (κ3) is 5.03. The fourth-order valence-electron chi connectivity index (χ4n) is 4.33. The van der Waals surface area contributed by atoms with Crippen LogP contribution in [0.15, 0.2) is 54.7 Å². The van der Waals surface area contributed by atoms with Crippen molar-refractivity contribution < 1.29 is 4.79 Å². The van der Waals surface area contributed by atoms with Gasteiger partial charge in [-0.05, 0) is 37.5 Å². The number of nitrogens with zero attached hydrogens (tertiary/aromatic N) is 4. The number of carbonyl (C=O) groups is 1. The fourth-order valence-corrected chi connectivity index (χ4v) is 4.33. The molecule has 0 bridgehead atoms. The Bertz CT molecular complexity index is 770. The van der Waals surface area contributed by atoms with Crippen LogP contribution in [0.3, 0.4) is 0 Å². The van der Waals surface area contributed by atoms with Crippen molar-refractivity contribution in [2.24, 2.45) is 5.92 Å². The van der Waals surface area contributed by atoms with Crippen LogP contribution in [0.25, 0.3) is 0 Å². The van der Waals surface area contributed by atoms with E-state index < -0.39 is 0 Å². The van der Waals surface area contributed by atoms with Gasteiger partial charge in [0.1, 0.15) is 5.82 Å². The fraction of sp³-hybridized carbons (Fsp3) is 0.500. The van der Waals surface area contributed by atoms with Crippen molar-refractivity contribution in [2.45, 2.75) is 38.8 Å². The van der Waals surface area contributed by atoms with Crippen molar-refractivity contribution in [3.05, 3.63) is 60.3 Å². The summed E-state index contributed by atoms with van der Waals surface area (Å²) < 4.78 is 0. The van der Waals surface area contributed by atoms with Gasteiger partial charge in [-0.25, -0.2) is 4.98 Å². The maximum absolute atomic E-state index is 13.1. The van der Waals surface area contributed by atoms with Gasteiger partial charge in [-0.2, -0.15) is 0 Å². The molecule has 1 atom stereocenters. The first-order valence-corrected chi connectivity index (χ1v) is 10.9. The molecular weight excluding hydrogens is 360 g/mol. The summed E-state index contributed by atoms with van der Waals surface area (Å²) >= 11 is 0. The lowest BCUT2D eigenvalue weighted by atomic mass is 9.84. The van der Waals surface area contributed by atoms with Crippen molar-refractivity contribution in [1.29, 1.82) is 0 Å². The van der Waals surface area contributed by atoms with Gasteiger partial charge in [0, 0.05) is 57.4 Å². The first-order valence-electron chi connectivity index (χ1n) is 10.9. The second-order valence-electron chi connectivity index (χ2n) is 8.44. The number of anilines is 1. The van der Waals surface area contributed by atoms with E-state index >= 15 is 0 Å². The molecule has 1 aliphatic heterocycles. The molecule has 1 aromatic heterocycles. The molecule has 1 aromatic carbocycles. The number of pyridine rings is 1. The third-order valence-electron chi connectivity index (χ3n) is 6.27. The Kier molecular flexibility index (Phi) is 6.57. The van der Waals surface area contributed by atoms with Crippen LogP contribution in [0.2, 0.25) is 0 Å². The van der Waals surface area contributed by atoms with E-state index in [9.17, 15) is 4.79 Å². The van der Waals surface area contributed by atoms with Gasteiger partial charge in [-0.3, -0.25) is 19.5 Å². The normalized spacial score (nSPS) is 19.5. The molecule has 5 nitrogen and oxygen atoms in total. The number of piperazine rings is 1. The second-order valence-corrected chi connectivity index (χ2v) is 8.44. The van der Waals surface area contributed by atoms with E-state index in [0.717, 1.165) is 57.9 Å². The lowest BCUT2D eigenvalue weighted by Crippen LogP contribution is -2.53. The zero-order chi connectivity index (χ0) is 20.1. The van der Waals surface area contributed by atoms with Crippen LogP contribution in [0.1, 0.15) is 31.7 Å². The molecule has 0 spiro atoms. The molecule has 1 unspecified atom stereocenters. The van der Waals surface area contributed by atoms with Gasteiger partial charge < -0.3 is 0 Å². The van der Waals surface area contributed by atoms with E-state index in [1.54, 1.807) is 6.20 Å². The largest absolute Gasteiger partial charge is 0.299 e. The van der Waals surface area contributed by atoms with Crippen molar-refractivity contribution >= 4 is 11.7 Å². The summed E-state index contributed by atoms with van der Waals surface area (Å²) in [6, 6.07) is 16.7. The zero-order valence-electron chi connectivity index (χ0n) is 17.4. The van der Waals surface area contributed by atoms with Crippen molar-refractivity contribution in [3.8, 4) is 0 Å². The summed E-state index contributed by atoms with van der Waals surface area (Å²) in [4.78, 5) is 24.6. The molecule has 0 radical (unpaired) electrons. The minimum absolute atomic E-state index is 0.124. The Morgan fingerprint density at radius 3 is 2.34 bits per heavy atom. The van der Waals surface area contributed by atoms with Gasteiger partial charge >= 0.3 is 0 Å². The molecule has 1 amide bonds. The van der Waals surface area contributed by atoms with Gasteiger partial charge in [-0.15, -0.1) is 0 Å². The summed E-state index contributed by atoms with van der Waals surface area (Å²) in [6.45, 7) is 8.32. The third-order valence-corrected chi connectivity index (χ3v) is 6.27. The van der Waals surface area contributed by atoms with E-state index in [4.69, 9.17) is 0 Å². The smallest absolute Gasteiger partial charge is 0.231 e. The van der Waals surface area contributed by atoms with Gasteiger partial charge in [-0.1, -0.05) is 42.8 Å². The molecule has 5 heteroatoms. The predicted octanol–water partition coefficient (Wildman–Crippen LogP) is 3.42. The maximum Gasteiger partial charge on any atom is 0.231 e. The van der Waals surface area contributed by atoms with Crippen LogP contribution in [-0.4, -0.2) is 59.5 Å². The summed E-state index contributed by atoms with van der Waals surface area (Å²) in [7, 11) is 0. The monoisotopic (exact) mass is 392 g/mol. The van der Waals surface area contributed by atoms with E-state index in [1.807, 2.05) is 23.1 Å². The maximum atomic E-state index is 13.1. The molecule has 2 fully saturated rings. The zero-order valence-corrected chi connectivity index (χ0v) is 17.4. The summed E-state index contributed by atoms with van der Waals surface area (Å²) in [5.74, 6) is 1.23. The van der Waals surface area contributed by atoms with Crippen LogP contribution in [0.5, 0.6) is 0 Å². The van der Waals surface area contributed by atoms with Gasteiger partial charge in [0.15, 0.2) is 0 Å². The van der Waals surface area contributed by atoms with Gasteiger partial charge in [0.2, 0.25) is 5.91 Å². The molecule has 1 saturated heterocycles. The van der Waals surface area contributed by atoms with Crippen LogP contribution < -0.4 is 4.90 Å². The Morgan fingerprint density at radius 1 is 1.03 bits per heavy atom. The SMILES string of the molecule is CC(CN1CCN(Cc2ccccc2)CC1)N(C(=O)C1CCC1)c1ccccn1. The van der Waals surface area contributed by atoms with E-state index in [1.165, 1.54) is 12.0 Å². The molecule has 154 valence electrons. The number of amides is 1. The molecule has 29 heavy (non-hydrogen) atoms. The number of benzene rings is 1. The summed E-state index contributed by atoms with van der Waals surface area (Å²) in [6.07, 6.45) is 5.00. The topological polar surface area (TPSA) is 39.7 Å². The standard InChI is InChI=1S/C24H32N4O/c1-20(28(23-12-5-6-13-25-23)24(29)22-10-7-11-22)18-26-14-16-27(17-15-26)19-21-8-3-2-4-9-21/h2-6,8-9,12-13,20,22H,7,10-11,14-19H2,1H3. The quantitative estimate of drug-likeness (QED) is 0.724. The number of hydrogen-bond acceptors (Lipinski definition) is 4. The summed E-state index contributed by atoms with van der Waals surface area (Å²) in [5.41, 5.74) is 1.38. The Morgan fingerprint density at radius 2 is 1.72 bits per heavy atom. The molecule has 4 rings (SSSR count). The highest BCUT2D eigenvalue weighted by atomic mass is 16.2. The number of hydrogen-bond donors (Lipinski definition) is 0. The van der Waals surface area contributed by atoms with Crippen molar-refractivity contribution in [2.75, 3.05) is 37.6 Å². The molecule has 0 N–H and O–H groups in total. The Hall–Kier alpha value is -2.24. The highest BCUT2D eigenvalue weighted by molar-refractivity contribution is 5.95.